The van der Waals surface area contributed by atoms with E-state index in [1.54, 1.807) is 10.5 Å². The van der Waals surface area contributed by atoms with Gasteiger partial charge in [-0.3, -0.25) is 18.9 Å². The molecule has 2 aromatic heterocycles. The Hall–Kier alpha value is -2.21. The Morgan fingerprint density at radius 2 is 2.00 bits per heavy atom. The van der Waals surface area contributed by atoms with Crippen LogP contribution in [0.2, 0.25) is 0 Å². The van der Waals surface area contributed by atoms with Gasteiger partial charge in [-0.05, 0) is 56.6 Å². The number of carbonyl (C=O) groups excluding carboxylic acids is 1. The number of hydrogen-bond donors (Lipinski definition) is 0. The van der Waals surface area contributed by atoms with E-state index >= 15 is 0 Å². The molecule has 0 aromatic carbocycles. The molecule has 6 heteroatoms. The molecule has 4 fully saturated rings. The van der Waals surface area contributed by atoms with E-state index in [9.17, 15) is 9.59 Å². The molecule has 148 valence electrons. The summed E-state index contributed by atoms with van der Waals surface area (Å²) in [6, 6.07) is 5.98. The first-order valence-corrected chi connectivity index (χ1v) is 10.6. The Morgan fingerprint density at radius 1 is 1.14 bits per heavy atom. The molecule has 2 bridgehead atoms. The van der Waals surface area contributed by atoms with Crippen molar-refractivity contribution in [3.63, 3.8) is 0 Å². The van der Waals surface area contributed by atoms with Crippen LogP contribution in [0.5, 0.6) is 0 Å². The molecule has 0 spiro atoms. The van der Waals surface area contributed by atoms with Crippen LogP contribution in [-0.4, -0.2) is 57.3 Å². The molecular weight excluding hydrogens is 352 g/mol. The number of amides is 1. The van der Waals surface area contributed by atoms with Gasteiger partial charge in [-0.1, -0.05) is 12.5 Å². The Labute approximate surface area is 165 Å². The first-order valence-electron chi connectivity index (χ1n) is 10.6. The van der Waals surface area contributed by atoms with Crippen molar-refractivity contribution >= 4 is 11.6 Å². The van der Waals surface area contributed by atoms with Gasteiger partial charge in [0.1, 0.15) is 11.2 Å². The number of aromatic nitrogens is 2. The maximum absolute atomic E-state index is 13.3. The van der Waals surface area contributed by atoms with Gasteiger partial charge in [0.25, 0.3) is 11.5 Å². The van der Waals surface area contributed by atoms with Crippen molar-refractivity contribution in [2.45, 2.75) is 45.1 Å². The number of aryl methyl sites for hydroxylation is 1. The second-order valence-electron chi connectivity index (χ2n) is 8.90. The van der Waals surface area contributed by atoms with Crippen molar-refractivity contribution in [2.24, 2.45) is 11.8 Å². The number of fused-ring (bicyclic) bond motifs is 5. The minimum absolute atomic E-state index is 0.155. The van der Waals surface area contributed by atoms with Crippen molar-refractivity contribution in [3.05, 3.63) is 46.0 Å². The lowest BCUT2D eigenvalue weighted by Crippen LogP contribution is -2.47. The number of rotatable bonds is 3. The summed E-state index contributed by atoms with van der Waals surface area (Å²) in [6.07, 6.45) is 7.90. The van der Waals surface area contributed by atoms with Crippen molar-refractivity contribution < 1.29 is 4.79 Å². The summed E-state index contributed by atoms with van der Waals surface area (Å²) in [5, 5.41) is 0. The number of pyridine rings is 1. The summed E-state index contributed by atoms with van der Waals surface area (Å²) in [4.78, 5) is 35.2. The molecule has 0 N–H and O–H groups in total. The maximum atomic E-state index is 13.3. The number of nitrogens with zero attached hydrogens (tertiary/aromatic N) is 4. The first-order chi connectivity index (χ1) is 13.6. The van der Waals surface area contributed by atoms with E-state index in [2.05, 4.69) is 9.88 Å². The molecule has 1 amide bonds. The van der Waals surface area contributed by atoms with Crippen LogP contribution in [0.15, 0.2) is 29.2 Å². The molecule has 2 unspecified atom stereocenters. The van der Waals surface area contributed by atoms with Gasteiger partial charge >= 0.3 is 0 Å². The lowest BCUT2D eigenvalue weighted by atomic mass is 9.83. The van der Waals surface area contributed by atoms with Crippen LogP contribution in [0.3, 0.4) is 0 Å². The SMILES string of the molecule is Cc1cccc2ncc(C(=O)N3CC4CCC(C3)N(CC3CCC3)C4)c(=O)n12. The zero-order valence-electron chi connectivity index (χ0n) is 16.5. The van der Waals surface area contributed by atoms with Gasteiger partial charge in [-0.15, -0.1) is 0 Å². The largest absolute Gasteiger partial charge is 0.337 e. The second-order valence-corrected chi connectivity index (χ2v) is 8.90. The third-order valence-corrected chi connectivity index (χ3v) is 6.99. The van der Waals surface area contributed by atoms with Crippen LogP contribution in [0.1, 0.15) is 48.2 Å². The van der Waals surface area contributed by atoms with Gasteiger partial charge in [-0.2, -0.15) is 0 Å². The molecule has 0 radical (unpaired) electrons. The van der Waals surface area contributed by atoms with Gasteiger partial charge in [0.05, 0.1) is 0 Å². The van der Waals surface area contributed by atoms with Gasteiger partial charge in [0.2, 0.25) is 0 Å². The van der Waals surface area contributed by atoms with Crippen LogP contribution < -0.4 is 5.56 Å². The van der Waals surface area contributed by atoms with Crippen LogP contribution in [0.4, 0.5) is 0 Å². The van der Waals surface area contributed by atoms with Crippen LogP contribution in [-0.2, 0) is 0 Å². The summed E-state index contributed by atoms with van der Waals surface area (Å²) in [6.45, 7) is 5.64. The van der Waals surface area contributed by atoms with Crippen molar-refractivity contribution in [1.82, 2.24) is 19.2 Å². The highest BCUT2D eigenvalue weighted by Gasteiger charge is 2.38. The molecule has 2 atom stereocenters. The summed E-state index contributed by atoms with van der Waals surface area (Å²) < 4.78 is 1.54. The fraction of sp³-hybridized carbons (Fsp3) is 0.591. The van der Waals surface area contributed by atoms with Gasteiger partial charge in [0, 0.05) is 44.1 Å². The maximum Gasteiger partial charge on any atom is 0.270 e. The topological polar surface area (TPSA) is 57.9 Å². The summed E-state index contributed by atoms with van der Waals surface area (Å²) in [7, 11) is 0. The van der Waals surface area contributed by atoms with E-state index in [1.165, 1.54) is 38.4 Å². The molecule has 4 aliphatic rings. The van der Waals surface area contributed by atoms with Crippen LogP contribution in [0, 0.1) is 18.8 Å². The molecule has 1 saturated carbocycles. The monoisotopic (exact) mass is 380 g/mol. The normalized spacial score (nSPS) is 25.7. The average Bonchev–Trinajstić information content (AvgIpc) is 2.96. The minimum atomic E-state index is -0.254. The lowest BCUT2D eigenvalue weighted by molar-refractivity contribution is 0.0715. The van der Waals surface area contributed by atoms with E-state index in [0.717, 1.165) is 37.7 Å². The molecule has 6 rings (SSSR count). The van der Waals surface area contributed by atoms with E-state index in [-0.39, 0.29) is 17.0 Å². The number of carbonyl (C=O) groups is 1. The average molecular weight is 380 g/mol. The van der Waals surface area contributed by atoms with E-state index in [0.29, 0.717) is 17.6 Å². The van der Waals surface area contributed by atoms with Crippen molar-refractivity contribution in [2.75, 3.05) is 26.2 Å². The zero-order valence-corrected chi connectivity index (χ0v) is 16.5. The molecule has 3 aliphatic heterocycles. The Bertz CT molecular complexity index is 965. The molecule has 1 aliphatic carbocycles. The van der Waals surface area contributed by atoms with Crippen molar-refractivity contribution in [3.8, 4) is 0 Å². The van der Waals surface area contributed by atoms with Crippen LogP contribution >= 0.6 is 0 Å². The Balaban J connectivity index is 1.41. The number of piperidine rings is 1. The highest BCUT2D eigenvalue weighted by Crippen LogP contribution is 2.33. The van der Waals surface area contributed by atoms with Gasteiger partial charge < -0.3 is 4.90 Å². The van der Waals surface area contributed by atoms with E-state index in [1.807, 2.05) is 24.0 Å². The molecule has 28 heavy (non-hydrogen) atoms. The lowest BCUT2D eigenvalue weighted by Gasteiger charge is -2.40. The molecule has 5 heterocycles. The first kappa shape index (κ1) is 17.9. The summed E-state index contributed by atoms with van der Waals surface area (Å²) in [5.74, 6) is 1.21. The molecular formula is C22H28N4O2. The second kappa shape index (κ2) is 6.99. The third kappa shape index (κ3) is 3.04. The van der Waals surface area contributed by atoms with E-state index < -0.39 is 0 Å². The molecule has 3 saturated heterocycles. The summed E-state index contributed by atoms with van der Waals surface area (Å²) >= 11 is 0. The standard InChI is InChI=1S/C22H28N4O2/c1-15-4-2-7-20-23-10-19(22(28)26(15)20)21(27)25-13-17-8-9-18(14-25)24(12-17)11-16-5-3-6-16/h2,4,7,10,16-18H,3,5-6,8-9,11-14H2,1H3. The fourth-order valence-electron chi connectivity index (χ4n) is 5.17. The highest BCUT2D eigenvalue weighted by atomic mass is 16.2. The fourth-order valence-corrected chi connectivity index (χ4v) is 5.17. The molecule has 6 nitrogen and oxygen atoms in total. The predicted molar refractivity (Wildman–Crippen MR) is 108 cm³/mol. The Morgan fingerprint density at radius 3 is 2.79 bits per heavy atom. The van der Waals surface area contributed by atoms with Gasteiger partial charge in [0.15, 0.2) is 0 Å². The highest BCUT2D eigenvalue weighted by molar-refractivity contribution is 5.94. The zero-order chi connectivity index (χ0) is 19.3. The predicted octanol–water partition coefficient (Wildman–Crippen LogP) is 2.34. The quantitative estimate of drug-likeness (QED) is 0.820. The van der Waals surface area contributed by atoms with E-state index in [4.69, 9.17) is 0 Å². The summed E-state index contributed by atoms with van der Waals surface area (Å²) in [5.41, 5.74) is 1.33. The molecule has 2 aromatic rings. The number of hydrogen-bond acceptors (Lipinski definition) is 4. The third-order valence-electron chi connectivity index (χ3n) is 6.99. The van der Waals surface area contributed by atoms with Gasteiger partial charge in [-0.25, -0.2) is 4.98 Å². The smallest absolute Gasteiger partial charge is 0.270 e. The minimum Gasteiger partial charge on any atom is -0.337 e. The Kier molecular flexibility index (Phi) is 4.46. The van der Waals surface area contributed by atoms with Crippen molar-refractivity contribution in [1.29, 1.82) is 0 Å². The van der Waals surface area contributed by atoms with Crippen LogP contribution in [0.25, 0.3) is 5.65 Å².